The first-order chi connectivity index (χ1) is 9.87. The van der Waals surface area contributed by atoms with Gasteiger partial charge in [-0.05, 0) is 19.8 Å². The molecular weight excluding hydrogens is 286 g/mol. The molecule has 1 aliphatic rings. The highest BCUT2D eigenvalue weighted by Crippen LogP contribution is 2.31. The van der Waals surface area contributed by atoms with Gasteiger partial charge in [-0.25, -0.2) is 4.98 Å². The molecule has 1 aromatic rings. The van der Waals surface area contributed by atoms with Crippen molar-refractivity contribution < 1.29 is 9.59 Å². The second-order valence-corrected chi connectivity index (χ2v) is 6.96. The fraction of sp³-hybridized carbons (Fsp3) is 0.667. The molecule has 116 valence electrons. The SMILES string of the molecule is CCC(C)C1NC(=O)CCN(C(C)(C)c2nccs2)C1=O. The van der Waals surface area contributed by atoms with Crippen LogP contribution in [0.2, 0.25) is 0 Å². The molecule has 0 radical (unpaired) electrons. The van der Waals surface area contributed by atoms with Crippen LogP contribution in [0.5, 0.6) is 0 Å². The summed E-state index contributed by atoms with van der Waals surface area (Å²) in [5.41, 5.74) is -0.497. The zero-order valence-electron chi connectivity index (χ0n) is 13.0. The Morgan fingerprint density at radius 2 is 2.24 bits per heavy atom. The van der Waals surface area contributed by atoms with Gasteiger partial charge < -0.3 is 10.2 Å². The summed E-state index contributed by atoms with van der Waals surface area (Å²) in [4.78, 5) is 31.0. The van der Waals surface area contributed by atoms with E-state index in [9.17, 15) is 9.59 Å². The number of hydrogen-bond acceptors (Lipinski definition) is 4. The van der Waals surface area contributed by atoms with Crippen molar-refractivity contribution in [1.29, 1.82) is 0 Å². The Bertz CT molecular complexity index is 513. The third-order valence-electron chi connectivity index (χ3n) is 4.25. The molecular formula is C15H23N3O2S. The van der Waals surface area contributed by atoms with Crippen LogP contribution in [-0.2, 0) is 15.1 Å². The minimum absolute atomic E-state index is 0.00426. The molecule has 21 heavy (non-hydrogen) atoms. The summed E-state index contributed by atoms with van der Waals surface area (Å²) >= 11 is 1.54. The maximum Gasteiger partial charge on any atom is 0.246 e. The van der Waals surface area contributed by atoms with E-state index >= 15 is 0 Å². The lowest BCUT2D eigenvalue weighted by Crippen LogP contribution is -2.53. The number of rotatable bonds is 4. The zero-order valence-corrected chi connectivity index (χ0v) is 13.9. The van der Waals surface area contributed by atoms with E-state index in [1.165, 1.54) is 11.3 Å². The molecule has 2 heterocycles. The number of carbonyl (C=O) groups excluding carboxylic acids is 2. The van der Waals surface area contributed by atoms with Crippen LogP contribution in [0.1, 0.15) is 45.5 Å². The molecule has 0 aliphatic carbocycles. The van der Waals surface area contributed by atoms with Gasteiger partial charge in [0.25, 0.3) is 0 Å². The fourth-order valence-corrected chi connectivity index (χ4v) is 3.39. The molecule has 0 saturated carbocycles. The Labute approximate surface area is 129 Å². The Balaban J connectivity index is 2.33. The molecule has 1 fully saturated rings. The van der Waals surface area contributed by atoms with E-state index in [1.807, 2.05) is 33.1 Å². The van der Waals surface area contributed by atoms with Gasteiger partial charge >= 0.3 is 0 Å². The molecule has 5 nitrogen and oxygen atoms in total. The molecule has 1 aromatic heterocycles. The monoisotopic (exact) mass is 309 g/mol. The smallest absolute Gasteiger partial charge is 0.246 e. The first kappa shape index (κ1) is 15.9. The van der Waals surface area contributed by atoms with Crippen LogP contribution >= 0.6 is 11.3 Å². The maximum atomic E-state index is 12.9. The third kappa shape index (κ3) is 3.10. The number of hydrogen-bond donors (Lipinski definition) is 1. The maximum absolute atomic E-state index is 12.9. The number of amides is 2. The summed E-state index contributed by atoms with van der Waals surface area (Å²) in [7, 11) is 0. The second kappa shape index (κ2) is 6.13. The van der Waals surface area contributed by atoms with Crippen molar-refractivity contribution in [2.45, 2.75) is 52.1 Å². The van der Waals surface area contributed by atoms with Crippen molar-refractivity contribution in [2.24, 2.45) is 5.92 Å². The van der Waals surface area contributed by atoms with Crippen LogP contribution < -0.4 is 5.32 Å². The van der Waals surface area contributed by atoms with Gasteiger partial charge in [0.1, 0.15) is 11.0 Å². The Kier molecular flexibility index (Phi) is 4.66. The van der Waals surface area contributed by atoms with Crippen molar-refractivity contribution in [1.82, 2.24) is 15.2 Å². The summed E-state index contributed by atoms with van der Waals surface area (Å²) in [6.45, 7) is 8.46. The lowest BCUT2D eigenvalue weighted by Gasteiger charge is -2.38. The van der Waals surface area contributed by atoms with E-state index in [0.717, 1.165) is 11.4 Å². The van der Waals surface area contributed by atoms with Gasteiger partial charge in [-0.1, -0.05) is 20.3 Å². The fourth-order valence-electron chi connectivity index (χ4n) is 2.62. The first-order valence-electron chi connectivity index (χ1n) is 7.38. The quantitative estimate of drug-likeness (QED) is 0.927. The predicted molar refractivity (Wildman–Crippen MR) is 82.9 cm³/mol. The molecule has 2 unspecified atom stereocenters. The lowest BCUT2D eigenvalue weighted by molar-refractivity contribution is -0.140. The minimum Gasteiger partial charge on any atom is -0.344 e. The van der Waals surface area contributed by atoms with Crippen molar-refractivity contribution in [3.63, 3.8) is 0 Å². The highest BCUT2D eigenvalue weighted by Gasteiger charge is 2.41. The molecule has 2 rings (SSSR count). The van der Waals surface area contributed by atoms with Gasteiger partial charge in [-0.3, -0.25) is 9.59 Å². The third-order valence-corrected chi connectivity index (χ3v) is 5.34. The average Bonchev–Trinajstić information content (AvgIpc) is 2.93. The van der Waals surface area contributed by atoms with Gasteiger partial charge in [-0.2, -0.15) is 0 Å². The van der Waals surface area contributed by atoms with E-state index in [-0.39, 0.29) is 17.7 Å². The van der Waals surface area contributed by atoms with E-state index in [1.54, 1.807) is 11.1 Å². The second-order valence-electron chi connectivity index (χ2n) is 6.07. The largest absolute Gasteiger partial charge is 0.344 e. The van der Waals surface area contributed by atoms with E-state index in [2.05, 4.69) is 10.3 Å². The van der Waals surface area contributed by atoms with E-state index in [0.29, 0.717) is 13.0 Å². The molecule has 6 heteroatoms. The topological polar surface area (TPSA) is 62.3 Å². The van der Waals surface area contributed by atoms with Gasteiger partial charge in [0, 0.05) is 24.5 Å². The lowest BCUT2D eigenvalue weighted by atomic mass is 9.95. The zero-order chi connectivity index (χ0) is 15.6. The van der Waals surface area contributed by atoms with Gasteiger partial charge in [0.2, 0.25) is 11.8 Å². The van der Waals surface area contributed by atoms with Crippen LogP contribution in [0.15, 0.2) is 11.6 Å². The molecule has 1 N–H and O–H groups in total. The summed E-state index contributed by atoms with van der Waals surface area (Å²) in [6.07, 6.45) is 2.94. The molecule has 0 spiro atoms. The summed E-state index contributed by atoms with van der Waals surface area (Å²) in [5, 5.41) is 5.69. The number of aromatic nitrogens is 1. The van der Waals surface area contributed by atoms with Crippen molar-refractivity contribution in [2.75, 3.05) is 6.54 Å². The normalized spacial score (nSPS) is 21.9. The van der Waals surface area contributed by atoms with Crippen molar-refractivity contribution >= 4 is 23.2 Å². The highest BCUT2D eigenvalue weighted by atomic mass is 32.1. The number of nitrogens with one attached hydrogen (secondary N) is 1. The van der Waals surface area contributed by atoms with Gasteiger partial charge in [0.15, 0.2) is 0 Å². The summed E-state index contributed by atoms with van der Waals surface area (Å²) < 4.78 is 0. The predicted octanol–water partition coefficient (Wildman–Crippen LogP) is 2.14. The Hall–Kier alpha value is -1.43. The van der Waals surface area contributed by atoms with Crippen molar-refractivity contribution in [3.8, 4) is 0 Å². The summed E-state index contributed by atoms with van der Waals surface area (Å²) in [5.74, 6) is 0.0654. The number of nitrogens with zero attached hydrogens (tertiary/aromatic N) is 2. The number of carbonyl (C=O) groups is 2. The van der Waals surface area contributed by atoms with Crippen LogP contribution in [0.25, 0.3) is 0 Å². The van der Waals surface area contributed by atoms with E-state index < -0.39 is 11.6 Å². The Morgan fingerprint density at radius 3 is 2.81 bits per heavy atom. The molecule has 1 aliphatic heterocycles. The highest BCUT2D eigenvalue weighted by molar-refractivity contribution is 7.09. The van der Waals surface area contributed by atoms with E-state index in [4.69, 9.17) is 0 Å². The Morgan fingerprint density at radius 1 is 1.52 bits per heavy atom. The standard InChI is InChI=1S/C15H23N3O2S/c1-5-10(2)12-13(20)18(8-6-11(19)17-12)15(3,4)14-16-7-9-21-14/h7,9-10,12H,5-6,8H2,1-4H3,(H,17,19). The molecule has 2 amide bonds. The summed E-state index contributed by atoms with van der Waals surface area (Å²) in [6, 6.07) is -0.441. The minimum atomic E-state index is -0.497. The van der Waals surface area contributed by atoms with Crippen LogP contribution in [0.4, 0.5) is 0 Å². The molecule has 0 aromatic carbocycles. The first-order valence-corrected chi connectivity index (χ1v) is 8.26. The van der Waals surface area contributed by atoms with Crippen LogP contribution in [-0.4, -0.2) is 34.3 Å². The van der Waals surface area contributed by atoms with Gasteiger partial charge in [-0.15, -0.1) is 11.3 Å². The van der Waals surface area contributed by atoms with Crippen LogP contribution in [0.3, 0.4) is 0 Å². The molecule has 2 atom stereocenters. The average molecular weight is 309 g/mol. The molecule has 1 saturated heterocycles. The van der Waals surface area contributed by atoms with Crippen molar-refractivity contribution in [3.05, 3.63) is 16.6 Å². The molecule has 0 bridgehead atoms. The van der Waals surface area contributed by atoms with Gasteiger partial charge in [0.05, 0.1) is 5.54 Å². The number of thiazole rings is 1. The van der Waals surface area contributed by atoms with Crippen LogP contribution in [0, 0.1) is 5.92 Å².